The highest BCUT2D eigenvalue weighted by Crippen LogP contribution is 2.06. The molecule has 1 atom stereocenters. The molecule has 0 aromatic carbocycles. The highest BCUT2D eigenvalue weighted by molar-refractivity contribution is 5.82. The first-order valence-corrected chi connectivity index (χ1v) is 7.00. The Kier molecular flexibility index (Phi) is 6.62. The molecule has 1 rings (SSSR count). The molecule has 0 bridgehead atoms. The third-order valence-corrected chi connectivity index (χ3v) is 3.35. The summed E-state index contributed by atoms with van der Waals surface area (Å²) in [5.41, 5.74) is 0. The van der Waals surface area contributed by atoms with Crippen LogP contribution in [-0.4, -0.2) is 54.2 Å². The first-order valence-electron chi connectivity index (χ1n) is 7.00. The van der Waals surface area contributed by atoms with E-state index in [-0.39, 0.29) is 5.92 Å². The van der Waals surface area contributed by atoms with Gasteiger partial charge in [-0.3, -0.25) is 0 Å². The number of hydrogen-bond acceptors (Lipinski definition) is 3. The van der Waals surface area contributed by atoms with Crippen molar-refractivity contribution in [1.29, 1.82) is 0 Å². The van der Waals surface area contributed by atoms with Crippen molar-refractivity contribution in [3.63, 3.8) is 0 Å². The zero-order valence-electron chi connectivity index (χ0n) is 11.8. The highest BCUT2D eigenvalue weighted by atomic mass is 16.4. The molecular formula is C13H25N3O3. The molecular weight excluding hydrogens is 246 g/mol. The van der Waals surface area contributed by atoms with Crippen LogP contribution in [0.3, 0.4) is 0 Å². The minimum absolute atomic E-state index is 0.132. The van der Waals surface area contributed by atoms with Crippen molar-refractivity contribution in [2.75, 3.05) is 26.2 Å². The van der Waals surface area contributed by atoms with Crippen LogP contribution < -0.4 is 10.6 Å². The largest absolute Gasteiger partial charge is 0.480 e. The minimum atomic E-state index is -0.998. The number of rotatable bonds is 7. The third kappa shape index (κ3) is 5.92. The van der Waals surface area contributed by atoms with Crippen LogP contribution in [0.1, 0.15) is 33.1 Å². The van der Waals surface area contributed by atoms with Crippen molar-refractivity contribution >= 4 is 12.0 Å². The van der Waals surface area contributed by atoms with Gasteiger partial charge in [0, 0.05) is 6.54 Å². The molecule has 110 valence electrons. The van der Waals surface area contributed by atoms with Crippen LogP contribution in [0.5, 0.6) is 0 Å². The van der Waals surface area contributed by atoms with Gasteiger partial charge >= 0.3 is 12.0 Å². The molecule has 2 amide bonds. The van der Waals surface area contributed by atoms with Crippen molar-refractivity contribution in [3.8, 4) is 0 Å². The number of urea groups is 1. The van der Waals surface area contributed by atoms with Crippen molar-refractivity contribution in [2.24, 2.45) is 5.92 Å². The Morgan fingerprint density at radius 3 is 2.42 bits per heavy atom. The topological polar surface area (TPSA) is 81.7 Å². The van der Waals surface area contributed by atoms with Crippen LogP contribution in [0.4, 0.5) is 4.79 Å². The van der Waals surface area contributed by atoms with Crippen molar-refractivity contribution in [2.45, 2.75) is 39.2 Å². The molecule has 6 nitrogen and oxygen atoms in total. The molecule has 0 saturated carbocycles. The molecule has 0 radical (unpaired) electrons. The van der Waals surface area contributed by atoms with Crippen LogP contribution in [0.15, 0.2) is 0 Å². The number of hydrogen-bond donors (Lipinski definition) is 3. The Labute approximate surface area is 114 Å². The number of carboxylic acids is 1. The van der Waals surface area contributed by atoms with Gasteiger partial charge in [0.25, 0.3) is 0 Å². The molecule has 0 aliphatic carbocycles. The van der Waals surface area contributed by atoms with Gasteiger partial charge < -0.3 is 20.6 Å². The van der Waals surface area contributed by atoms with Crippen molar-refractivity contribution in [3.05, 3.63) is 0 Å². The smallest absolute Gasteiger partial charge is 0.326 e. The van der Waals surface area contributed by atoms with Gasteiger partial charge in [-0.1, -0.05) is 13.8 Å². The van der Waals surface area contributed by atoms with E-state index in [1.165, 1.54) is 12.8 Å². The number of amides is 2. The van der Waals surface area contributed by atoms with Crippen molar-refractivity contribution < 1.29 is 14.7 Å². The fraction of sp³-hybridized carbons (Fsp3) is 0.846. The van der Waals surface area contributed by atoms with E-state index in [1.54, 1.807) is 13.8 Å². The van der Waals surface area contributed by atoms with Crippen LogP contribution in [-0.2, 0) is 4.79 Å². The van der Waals surface area contributed by atoms with E-state index >= 15 is 0 Å². The lowest BCUT2D eigenvalue weighted by atomic mass is 10.1. The molecule has 0 aromatic heterocycles. The molecule has 1 aliphatic rings. The second-order valence-electron chi connectivity index (χ2n) is 5.36. The SMILES string of the molecule is CC(C)C(NC(=O)NCCCN1CCCC1)C(=O)O. The first-order chi connectivity index (χ1) is 9.00. The number of carbonyl (C=O) groups is 2. The predicted molar refractivity (Wildman–Crippen MR) is 73.1 cm³/mol. The van der Waals surface area contributed by atoms with Crippen LogP contribution in [0.25, 0.3) is 0 Å². The Morgan fingerprint density at radius 1 is 1.26 bits per heavy atom. The van der Waals surface area contributed by atoms with Crippen molar-refractivity contribution in [1.82, 2.24) is 15.5 Å². The van der Waals surface area contributed by atoms with E-state index in [1.807, 2.05) is 0 Å². The second-order valence-corrected chi connectivity index (χ2v) is 5.36. The summed E-state index contributed by atoms with van der Waals surface area (Å²) in [5.74, 6) is -1.13. The average Bonchev–Trinajstić information content (AvgIpc) is 2.84. The zero-order valence-corrected chi connectivity index (χ0v) is 11.8. The standard InChI is InChI=1S/C13H25N3O3/c1-10(2)11(12(17)18)15-13(19)14-6-5-9-16-7-3-4-8-16/h10-11H,3-9H2,1-2H3,(H,17,18)(H2,14,15,19). The Hall–Kier alpha value is -1.30. The Balaban J connectivity index is 2.14. The van der Waals surface area contributed by atoms with E-state index in [0.29, 0.717) is 6.54 Å². The second kappa shape index (κ2) is 7.99. The molecule has 6 heteroatoms. The minimum Gasteiger partial charge on any atom is -0.480 e. The highest BCUT2D eigenvalue weighted by Gasteiger charge is 2.23. The summed E-state index contributed by atoms with van der Waals surface area (Å²) in [5, 5.41) is 14.1. The summed E-state index contributed by atoms with van der Waals surface area (Å²) in [6, 6.07) is -1.24. The third-order valence-electron chi connectivity index (χ3n) is 3.35. The van der Waals surface area contributed by atoms with E-state index in [9.17, 15) is 9.59 Å². The van der Waals surface area contributed by atoms with Gasteiger partial charge in [0.05, 0.1) is 0 Å². The summed E-state index contributed by atoms with van der Waals surface area (Å²) in [4.78, 5) is 24.9. The molecule has 1 saturated heterocycles. The van der Waals surface area contributed by atoms with Gasteiger partial charge in [-0.2, -0.15) is 0 Å². The number of likely N-dealkylation sites (tertiary alicyclic amines) is 1. The maximum atomic E-state index is 11.6. The lowest BCUT2D eigenvalue weighted by Gasteiger charge is -2.19. The molecule has 1 heterocycles. The molecule has 19 heavy (non-hydrogen) atoms. The van der Waals surface area contributed by atoms with Gasteiger partial charge in [0.2, 0.25) is 0 Å². The first kappa shape index (κ1) is 15.8. The maximum Gasteiger partial charge on any atom is 0.326 e. The quantitative estimate of drug-likeness (QED) is 0.600. The summed E-state index contributed by atoms with van der Waals surface area (Å²) in [6.45, 7) is 7.42. The fourth-order valence-corrected chi connectivity index (χ4v) is 2.22. The zero-order chi connectivity index (χ0) is 14.3. The van der Waals surface area contributed by atoms with E-state index in [0.717, 1.165) is 26.1 Å². The van der Waals surface area contributed by atoms with Crippen LogP contribution >= 0.6 is 0 Å². The number of carboxylic acid groups (broad SMARTS) is 1. The Bertz CT molecular complexity index is 302. The molecule has 0 spiro atoms. The molecule has 1 aliphatic heterocycles. The molecule has 3 N–H and O–H groups in total. The van der Waals surface area contributed by atoms with Crippen LogP contribution in [0, 0.1) is 5.92 Å². The fourth-order valence-electron chi connectivity index (χ4n) is 2.22. The number of aliphatic carboxylic acids is 1. The normalized spacial score (nSPS) is 17.4. The van der Waals surface area contributed by atoms with Gasteiger partial charge in [-0.15, -0.1) is 0 Å². The number of nitrogens with one attached hydrogen (secondary N) is 2. The summed E-state index contributed by atoms with van der Waals surface area (Å²) in [7, 11) is 0. The molecule has 1 fully saturated rings. The molecule has 0 aromatic rings. The van der Waals surface area contributed by atoms with Gasteiger partial charge in [-0.05, 0) is 44.8 Å². The van der Waals surface area contributed by atoms with E-state index < -0.39 is 18.0 Å². The lowest BCUT2D eigenvalue weighted by molar-refractivity contribution is -0.140. The number of carbonyl (C=O) groups excluding carboxylic acids is 1. The van der Waals surface area contributed by atoms with E-state index in [2.05, 4.69) is 15.5 Å². The average molecular weight is 271 g/mol. The van der Waals surface area contributed by atoms with Gasteiger partial charge in [0.15, 0.2) is 0 Å². The lowest BCUT2D eigenvalue weighted by Crippen LogP contribution is -2.48. The number of nitrogens with zero attached hydrogens (tertiary/aromatic N) is 1. The summed E-state index contributed by atoms with van der Waals surface area (Å²) < 4.78 is 0. The monoisotopic (exact) mass is 271 g/mol. The van der Waals surface area contributed by atoms with Gasteiger partial charge in [-0.25, -0.2) is 9.59 Å². The van der Waals surface area contributed by atoms with E-state index in [4.69, 9.17) is 5.11 Å². The maximum absolute atomic E-state index is 11.6. The summed E-state index contributed by atoms with van der Waals surface area (Å²) in [6.07, 6.45) is 3.43. The summed E-state index contributed by atoms with van der Waals surface area (Å²) >= 11 is 0. The van der Waals surface area contributed by atoms with Crippen LogP contribution in [0.2, 0.25) is 0 Å². The predicted octanol–water partition coefficient (Wildman–Crippen LogP) is 0.881. The Morgan fingerprint density at radius 2 is 1.89 bits per heavy atom. The molecule has 1 unspecified atom stereocenters. The van der Waals surface area contributed by atoms with Gasteiger partial charge in [0.1, 0.15) is 6.04 Å².